The highest BCUT2D eigenvalue weighted by molar-refractivity contribution is 6.30. The third-order valence-corrected chi connectivity index (χ3v) is 6.92. The topological polar surface area (TPSA) is 59.2 Å². The average molecular weight is 476 g/mol. The standard InChI is InChI=1S/C24H21ClF3N3O2/c25-19-8-6-17(7-9-19)23(10-1-2-11-23)22(32)31-13-16(14-31)21-29-20(30-33-21)15-4-3-5-18(12-15)24(26,27)28/h3-9,12,16H,1-2,10-11,13-14H2. The van der Waals surface area contributed by atoms with E-state index in [0.717, 1.165) is 43.4 Å². The van der Waals surface area contributed by atoms with Gasteiger partial charge in [-0.3, -0.25) is 4.79 Å². The summed E-state index contributed by atoms with van der Waals surface area (Å²) in [7, 11) is 0. The lowest BCUT2D eigenvalue weighted by molar-refractivity contribution is -0.142. The van der Waals surface area contributed by atoms with Crippen molar-refractivity contribution < 1.29 is 22.5 Å². The Labute approximate surface area is 193 Å². The molecule has 172 valence electrons. The minimum Gasteiger partial charge on any atom is -0.340 e. The maximum absolute atomic E-state index is 13.5. The molecule has 0 atom stereocenters. The molecule has 5 rings (SSSR count). The summed E-state index contributed by atoms with van der Waals surface area (Å²) in [6.45, 7) is 0.886. The fourth-order valence-corrected chi connectivity index (χ4v) is 4.96. The number of rotatable bonds is 4. The highest BCUT2D eigenvalue weighted by atomic mass is 35.5. The quantitative estimate of drug-likeness (QED) is 0.475. The van der Waals surface area contributed by atoms with E-state index in [1.807, 2.05) is 24.3 Å². The Morgan fingerprint density at radius 2 is 1.79 bits per heavy atom. The van der Waals surface area contributed by atoms with Crippen molar-refractivity contribution in [2.75, 3.05) is 13.1 Å². The molecule has 2 heterocycles. The summed E-state index contributed by atoms with van der Waals surface area (Å²) in [6.07, 6.45) is -0.854. The first-order valence-corrected chi connectivity index (χ1v) is 11.2. The molecule has 0 bridgehead atoms. The predicted octanol–water partition coefficient (Wildman–Crippen LogP) is 5.85. The van der Waals surface area contributed by atoms with E-state index < -0.39 is 17.2 Å². The van der Waals surface area contributed by atoms with Gasteiger partial charge < -0.3 is 9.42 Å². The smallest absolute Gasteiger partial charge is 0.340 e. The molecule has 3 aromatic rings. The fraction of sp³-hybridized carbons (Fsp3) is 0.375. The van der Waals surface area contributed by atoms with Gasteiger partial charge >= 0.3 is 6.18 Å². The van der Waals surface area contributed by atoms with Gasteiger partial charge in [-0.2, -0.15) is 18.2 Å². The van der Waals surface area contributed by atoms with Crippen molar-refractivity contribution in [2.45, 2.75) is 43.2 Å². The molecule has 9 heteroatoms. The van der Waals surface area contributed by atoms with E-state index >= 15 is 0 Å². The number of nitrogens with zero attached hydrogens (tertiary/aromatic N) is 3. The van der Waals surface area contributed by atoms with Crippen LogP contribution in [0.5, 0.6) is 0 Å². The van der Waals surface area contributed by atoms with Crippen molar-refractivity contribution in [2.24, 2.45) is 0 Å². The van der Waals surface area contributed by atoms with E-state index in [1.54, 1.807) is 4.90 Å². The molecule has 2 fully saturated rings. The molecule has 1 saturated heterocycles. The van der Waals surface area contributed by atoms with Gasteiger partial charge in [0.05, 0.1) is 16.9 Å². The first kappa shape index (κ1) is 21.9. The van der Waals surface area contributed by atoms with Crippen LogP contribution in [0.1, 0.15) is 48.6 Å². The van der Waals surface area contributed by atoms with Crippen molar-refractivity contribution in [3.05, 3.63) is 70.6 Å². The van der Waals surface area contributed by atoms with Crippen LogP contribution in [-0.4, -0.2) is 34.0 Å². The van der Waals surface area contributed by atoms with E-state index in [1.165, 1.54) is 12.1 Å². The highest BCUT2D eigenvalue weighted by Crippen LogP contribution is 2.44. The number of amides is 1. The summed E-state index contributed by atoms with van der Waals surface area (Å²) in [5, 5.41) is 4.50. The molecule has 1 aromatic heterocycles. The number of likely N-dealkylation sites (tertiary alicyclic amines) is 1. The minimum atomic E-state index is -4.45. The Morgan fingerprint density at radius 3 is 2.45 bits per heavy atom. The molecule has 1 saturated carbocycles. The minimum absolute atomic E-state index is 0.0937. The molecule has 0 spiro atoms. The second-order valence-electron chi connectivity index (χ2n) is 8.74. The molecular formula is C24H21ClF3N3O2. The molecule has 2 aromatic carbocycles. The maximum atomic E-state index is 13.5. The van der Waals surface area contributed by atoms with Crippen LogP contribution in [0.4, 0.5) is 13.2 Å². The van der Waals surface area contributed by atoms with Crippen LogP contribution in [0.2, 0.25) is 5.02 Å². The SMILES string of the molecule is O=C(N1CC(c2nc(-c3cccc(C(F)(F)F)c3)no2)C1)C1(c2ccc(Cl)cc2)CCCC1. The van der Waals surface area contributed by atoms with E-state index in [9.17, 15) is 18.0 Å². The van der Waals surface area contributed by atoms with Crippen molar-refractivity contribution in [1.29, 1.82) is 0 Å². The van der Waals surface area contributed by atoms with Crippen LogP contribution < -0.4 is 0 Å². The zero-order chi connectivity index (χ0) is 23.2. The molecule has 0 unspecified atom stereocenters. The lowest BCUT2D eigenvalue weighted by Gasteiger charge is -2.43. The molecule has 2 aliphatic rings. The Kier molecular flexibility index (Phi) is 5.43. The molecular weight excluding hydrogens is 455 g/mol. The molecule has 5 nitrogen and oxygen atoms in total. The van der Waals surface area contributed by atoms with Crippen LogP contribution in [0, 0.1) is 0 Å². The van der Waals surface area contributed by atoms with Crippen LogP contribution in [0.3, 0.4) is 0 Å². The second-order valence-corrected chi connectivity index (χ2v) is 9.17. The number of aromatic nitrogens is 2. The van der Waals surface area contributed by atoms with Crippen molar-refractivity contribution in [3.8, 4) is 11.4 Å². The monoisotopic (exact) mass is 475 g/mol. The first-order chi connectivity index (χ1) is 15.8. The van der Waals surface area contributed by atoms with Crippen LogP contribution in [0.25, 0.3) is 11.4 Å². The zero-order valence-corrected chi connectivity index (χ0v) is 18.4. The number of alkyl halides is 3. The van der Waals surface area contributed by atoms with Crippen molar-refractivity contribution in [3.63, 3.8) is 0 Å². The third kappa shape index (κ3) is 4.01. The number of carbonyl (C=O) groups excluding carboxylic acids is 1. The van der Waals surface area contributed by atoms with Gasteiger partial charge in [0.2, 0.25) is 17.6 Å². The predicted molar refractivity (Wildman–Crippen MR) is 116 cm³/mol. The molecule has 1 amide bonds. The zero-order valence-electron chi connectivity index (χ0n) is 17.6. The van der Waals surface area contributed by atoms with Gasteiger partial charge in [0, 0.05) is 23.7 Å². The van der Waals surface area contributed by atoms with E-state index in [4.69, 9.17) is 16.1 Å². The van der Waals surface area contributed by atoms with Crippen LogP contribution in [0.15, 0.2) is 53.1 Å². The fourth-order valence-electron chi connectivity index (χ4n) is 4.83. The Hall–Kier alpha value is -2.87. The van der Waals surface area contributed by atoms with E-state index in [0.29, 0.717) is 24.0 Å². The van der Waals surface area contributed by atoms with Crippen LogP contribution in [-0.2, 0) is 16.4 Å². The molecule has 1 aliphatic heterocycles. The third-order valence-electron chi connectivity index (χ3n) is 6.67. The van der Waals surface area contributed by atoms with Gasteiger partial charge in [-0.1, -0.05) is 53.9 Å². The van der Waals surface area contributed by atoms with Crippen molar-refractivity contribution in [1.82, 2.24) is 15.0 Å². The second kappa shape index (κ2) is 8.17. The number of hydrogen-bond acceptors (Lipinski definition) is 4. The number of benzene rings is 2. The van der Waals surface area contributed by atoms with Gasteiger partial charge in [0.25, 0.3) is 0 Å². The molecule has 1 aliphatic carbocycles. The normalized spacial score (nSPS) is 18.4. The largest absolute Gasteiger partial charge is 0.416 e. The summed E-state index contributed by atoms with van der Waals surface area (Å²) in [5.74, 6) is 0.397. The summed E-state index contributed by atoms with van der Waals surface area (Å²) in [6, 6.07) is 12.3. The highest BCUT2D eigenvalue weighted by Gasteiger charge is 2.48. The van der Waals surface area contributed by atoms with E-state index in [-0.39, 0.29) is 23.2 Å². The number of halogens is 4. The van der Waals surface area contributed by atoms with Gasteiger partial charge in [-0.15, -0.1) is 0 Å². The van der Waals surface area contributed by atoms with Gasteiger partial charge in [-0.25, -0.2) is 0 Å². The van der Waals surface area contributed by atoms with E-state index in [2.05, 4.69) is 10.1 Å². The number of carbonyl (C=O) groups is 1. The van der Waals surface area contributed by atoms with Crippen molar-refractivity contribution >= 4 is 17.5 Å². The summed E-state index contributed by atoms with van der Waals surface area (Å²) < 4.78 is 44.3. The summed E-state index contributed by atoms with van der Waals surface area (Å²) in [4.78, 5) is 19.6. The Balaban J connectivity index is 1.30. The number of hydrogen-bond donors (Lipinski definition) is 0. The Bertz CT molecular complexity index is 1160. The summed E-state index contributed by atoms with van der Waals surface area (Å²) in [5.41, 5.74) is -0.0776. The van der Waals surface area contributed by atoms with Gasteiger partial charge in [0.15, 0.2) is 0 Å². The van der Waals surface area contributed by atoms with Crippen LogP contribution >= 0.6 is 11.6 Å². The maximum Gasteiger partial charge on any atom is 0.416 e. The van der Waals surface area contributed by atoms with Gasteiger partial charge in [0.1, 0.15) is 0 Å². The Morgan fingerprint density at radius 1 is 1.09 bits per heavy atom. The molecule has 0 N–H and O–H groups in total. The lowest BCUT2D eigenvalue weighted by atomic mass is 9.76. The van der Waals surface area contributed by atoms with Gasteiger partial charge in [-0.05, 0) is 42.7 Å². The molecule has 33 heavy (non-hydrogen) atoms. The average Bonchev–Trinajstić information content (AvgIpc) is 3.44. The lowest BCUT2D eigenvalue weighted by Crippen LogP contribution is -2.55. The molecule has 0 radical (unpaired) electrons. The summed E-state index contributed by atoms with van der Waals surface area (Å²) >= 11 is 6.03. The first-order valence-electron chi connectivity index (χ1n) is 10.8.